The van der Waals surface area contributed by atoms with Crippen molar-refractivity contribution in [1.82, 2.24) is 4.90 Å². The number of piperidine rings is 1. The first-order valence-electron chi connectivity index (χ1n) is 7.15. The summed E-state index contributed by atoms with van der Waals surface area (Å²) in [6.45, 7) is 1.28. The van der Waals surface area contributed by atoms with Gasteiger partial charge in [-0.15, -0.1) is 0 Å². The number of nitrogens with one attached hydrogen (secondary N) is 1. The number of aliphatic hydroxyl groups excluding tert-OH is 1. The Labute approximate surface area is 130 Å². The number of benzene rings is 1. The van der Waals surface area contributed by atoms with Gasteiger partial charge in [-0.25, -0.2) is 0 Å². The molecule has 0 aromatic heterocycles. The van der Waals surface area contributed by atoms with Crippen LogP contribution in [0.4, 0.5) is 5.69 Å². The molecule has 21 heavy (non-hydrogen) atoms. The van der Waals surface area contributed by atoms with E-state index in [4.69, 9.17) is 18.0 Å². The van der Waals surface area contributed by atoms with Gasteiger partial charge in [0.25, 0.3) is 0 Å². The smallest absolute Gasteiger partial charge is 0.238 e. The summed E-state index contributed by atoms with van der Waals surface area (Å²) in [4.78, 5) is 14.5. The summed E-state index contributed by atoms with van der Waals surface area (Å²) in [7, 11) is 0. The molecule has 0 bridgehead atoms. The summed E-state index contributed by atoms with van der Waals surface area (Å²) in [6.07, 6.45) is 3.14. The topological polar surface area (TPSA) is 78.6 Å². The van der Waals surface area contributed by atoms with E-state index in [1.807, 2.05) is 4.90 Å². The molecule has 1 aromatic rings. The van der Waals surface area contributed by atoms with E-state index < -0.39 is 0 Å². The maximum atomic E-state index is 12.1. The normalized spacial score (nSPS) is 19.2. The number of carbonyl (C=O) groups excluding carboxylic acids is 1. The van der Waals surface area contributed by atoms with Crippen LogP contribution >= 0.6 is 12.2 Å². The molecule has 1 fully saturated rings. The van der Waals surface area contributed by atoms with Crippen molar-refractivity contribution in [2.75, 3.05) is 25.0 Å². The highest BCUT2D eigenvalue weighted by Crippen LogP contribution is 2.16. The number of nitrogens with two attached hydrogens (primary N) is 1. The summed E-state index contributed by atoms with van der Waals surface area (Å²) in [5.41, 5.74) is 7.03. The first-order chi connectivity index (χ1) is 10.1. The van der Waals surface area contributed by atoms with Crippen LogP contribution in [0.15, 0.2) is 24.3 Å². The molecule has 1 saturated heterocycles. The monoisotopic (exact) mass is 307 g/mol. The highest BCUT2D eigenvalue weighted by Gasteiger charge is 2.23. The molecule has 6 heteroatoms. The molecule has 4 N–H and O–H groups in total. The number of hydrogen-bond acceptors (Lipinski definition) is 4. The van der Waals surface area contributed by atoms with Gasteiger partial charge >= 0.3 is 0 Å². The molecule has 1 atom stereocenters. The van der Waals surface area contributed by atoms with Gasteiger partial charge in [-0.05, 0) is 43.7 Å². The summed E-state index contributed by atoms with van der Waals surface area (Å²) in [5, 5.41) is 12.2. The highest BCUT2D eigenvalue weighted by molar-refractivity contribution is 7.80. The van der Waals surface area contributed by atoms with E-state index in [1.54, 1.807) is 24.3 Å². The van der Waals surface area contributed by atoms with E-state index in [0.29, 0.717) is 11.5 Å². The van der Waals surface area contributed by atoms with Crippen molar-refractivity contribution in [3.8, 4) is 0 Å². The molecule has 1 aliphatic rings. The van der Waals surface area contributed by atoms with Gasteiger partial charge in [-0.3, -0.25) is 9.69 Å². The van der Waals surface area contributed by atoms with Crippen LogP contribution in [0.1, 0.15) is 24.8 Å². The molecule has 0 saturated carbocycles. The number of nitrogens with zero attached hydrogens (tertiary/aromatic N) is 1. The molecular weight excluding hydrogens is 286 g/mol. The predicted molar refractivity (Wildman–Crippen MR) is 87.3 cm³/mol. The second-order valence-corrected chi connectivity index (χ2v) is 5.73. The van der Waals surface area contributed by atoms with E-state index in [2.05, 4.69) is 5.32 Å². The first-order valence-corrected chi connectivity index (χ1v) is 7.55. The lowest BCUT2D eigenvalue weighted by Gasteiger charge is -2.33. The lowest BCUT2D eigenvalue weighted by atomic mass is 10.0. The Morgan fingerprint density at radius 3 is 2.71 bits per heavy atom. The molecule has 1 amide bonds. The molecule has 1 aliphatic heterocycles. The molecule has 0 spiro atoms. The average molecular weight is 307 g/mol. The zero-order valence-electron chi connectivity index (χ0n) is 11.9. The molecule has 2 rings (SSSR count). The number of thiocarbonyl (C=S) groups is 1. The number of hydrogen-bond donors (Lipinski definition) is 3. The minimum Gasteiger partial charge on any atom is -0.395 e. The van der Waals surface area contributed by atoms with Crippen LogP contribution in [0.25, 0.3) is 0 Å². The van der Waals surface area contributed by atoms with Gasteiger partial charge in [0.2, 0.25) is 5.91 Å². The van der Waals surface area contributed by atoms with Gasteiger partial charge in [-0.1, -0.05) is 18.6 Å². The fraction of sp³-hybridized carbons (Fsp3) is 0.467. The van der Waals surface area contributed by atoms with Crippen LogP contribution in [0.3, 0.4) is 0 Å². The minimum atomic E-state index is -0.0709. The van der Waals surface area contributed by atoms with E-state index in [1.165, 1.54) is 0 Å². The van der Waals surface area contributed by atoms with Crippen molar-refractivity contribution in [2.45, 2.75) is 25.3 Å². The Balaban J connectivity index is 1.90. The summed E-state index contributed by atoms with van der Waals surface area (Å²) < 4.78 is 0. The molecule has 0 radical (unpaired) electrons. The lowest BCUT2D eigenvalue weighted by molar-refractivity contribution is -0.118. The van der Waals surface area contributed by atoms with Crippen molar-refractivity contribution in [2.24, 2.45) is 5.73 Å². The van der Waals surface area contributed by atoms with Crippen LogP contribution in [0.5, 0.6) is 0 Å². The van der Waals surface area contributed by atoms with Crippen molar-refractivity contribution in [1.29, 1.82) is 0 Å². The second kappa shape index (κ2) is 7.49. The third-order valence-corrected chi connectivity index (χ3v) is 4.00. The SMILES string of the molecule is NC(=S)c1ccc(NC(=O)CN2CCCCC2CO)cc1. The number of rotatable bonds is 5. The van der Waals surface area contributed by atoms with E-state index in [-0.39, 0.29) is 18.6 Å². The summed E-state index contributed by atoms with van der Waals surface area (Å²) >= 11 is 4.89. The maximum absolute atomic E-state index is 12.1. The van der Waals surface area contributed by atoms with Gasteiger partial charge in [0.05, 0.1) is 13.2 Å². The minimum absolute atomic E-state index is 0.0709. The zero-order chi connectivity index (χ0) is 15.2. The van der Waals surface area contributed by atoms with E-state index in [9.17, 15) is 9.90 Å². The van der Waals surface area contributed by atoms with Crippen molar-refractivity contribution < 1.29 is 9.90 Å². The predicted octanol–water partition coefficient (Wildman–Crippen LogP) is 1.11. The lowest BCUT2D eigenvalue weighted by Crippen LogP contribution is -2.45. The van der Waals surface area contributed by atoms with Gasteiger partial charge in [0, 0.05) is 17.3 Å². The van der Waals surface area contributed by atoms with Crippen molar-refractivity contribution in [3.05, 3.63) is 29.8 Å². The number of likely N-dealkylation sites (tertiary alicyclic amines) is 1. The largest absolute Gasteiger partial charge is 0.395 e. The Morgan fingerprint density at radius 1 is 1.38 bits per heavy atom. The number of amides is 1. The zero-order valence-corrected chi connectivity index (χ0v) is 12.7. The quantitative estimate of drug-likeness (QED) is 0.710. The van der Waals surface area contributed by atoms with Crippen LogP contribution in [-0.4, -0.2) is 46.6 Å². The van der Waals surface area contributed by atoms with Crippen molar-refractivity contribution in [3.63, 3.8) is 0 Å². The fourth-order valence-corrected chi connectivity index (χ4v) is 2.71. The summed E-state index contributed by atoms with van der Waals surface area (Å²) in [5.74, 6) is -0.0709. The van der Waals surface area contributed by atoms with Crippen LogP contribution in [0, 0.1) is 0 Å². The van der Waals surface area contributed by atoms with Crippen molar-refractivity contribution >= 4 is 28.8 Å². The van der Waals surface area contributed by atoms with Crippen LogP contribution in [0.2, 0.25) is 0 Å². The van der Waals surface area contributed by atoms with E-state index >= 15 is 0 Å². The molecule has 1 heterocycles. The molecule has 0 aliphatic carbocycles. The highest BCUT2D eigenvalue weighted by atomic mass is 32.1. The summed E-state index contributed by atoms with van der Waals surface area (Å²) in [6, 6.07) is 7.24. The van der Waals surface area contributed by atoms with Crippen LogP contribution < -0.4 is 11.1 Å². The molecule has 114 valence electrons. The maximum Gasteiger partial charge on any atom is 0.238 e. The Bertz CT molecular complexity index is 504. The molecular formula is C15H21N3O2S. The average Bonchev–Trinajstić information content (AvgIpc) is 2.48. The van der Waals surface area contributed by atoms with Crippen LogP contribution in [-0.2, 0) is 4.79 Å². The van der Waals surface area contributed by atoms with Gasteiger partial charge in [0.1, 0.15) is 4.99 Å². The van der Waals surface area contributed by atoms with Gasteiger partial charge in [-0.2, -0.15) is 0 Å². The van der Waals surface area contributed by atoms with Gasteiger partial charge < -0.3 is 16.2 Å². The standard InChI is InChI=1S/C15H21N3O2S/c16-15(21)11-4-6-12(7-5-11)17-14(20)9-18-8-2-1-3-13(18)10-19/h4-7,13,19H,1-3,8-10H2,(H2,16,21)(H,17,20). The third kappa shape index (κ3) is 4.49. The fourth-order valence-electron chi connectivity index (χ4n) is 2.58. The van der Waals surface area contributed by atoms with Gasteiger partial charge in [0.15, 0.2) is 0 Å². The molecule has 1 aromatic carbocycles. The first kappa shape index (κ1) is 15.9. The third-order valence-electron chi connectivity index (χ3n) is 3.76. The number of carbonyl (C=O) groups is 1. The Hall–Kier alpha value is -1.50. The Morgan fingerprint density at radius 2 is 2.10 bits per heavy atom. The number of aliphatic hydroxyl groups is 1. The molecule has 1 unspecified atom stereocenters. The number of anilines is 1. The van der Waals surface area contributed by atoms with E-state index in [0.717, 1.165) is 37.1 Å². The Kier molecular flexibility index (Phi) is 5.67. The second-order valence-electron chi connectivity index (χ2n) is 5.29. The molecule has 5 nitrogen and oxygen atoms in total.